The predicted molar refractivity (Wildman–Crippen MR) is 50.2 cm³/mol. The monoisotopic (exact) mass is 234 g/mol. The Morgan fingerprint density at radius 2 is 2.14 bits per heavy atom. The van der Waals surface area contributed by atoms with Gasteiger partial charge in [-0.25, -0.2) is 4.79 Å². The lowest BCUT2D eigenvalue weighted by atomic mass is 9.98. The molecule has 0 aromatic rings. The lowest BCUT2D eigenvalue weighted by Gasteiger charge is -2.16. The Morgan fingerprint density at radius 1 is 1.36 bits per heavy atom. The summed E-state index contributed by atoms with van der Waals surface area (Å²) in [6, 6.07) is 0. The summed E-state index contributed by atoms with van der Waals surface area (Å²) in [6.45, 7) is 0. The maximum absolute atomic E-state index is 11.3. The summed E-state index contributed by atoms with van der Waals surface area (Å²) >= 11 is 11.9. The molecule has 3 rings (SSSR count). The maximum atomic E-state index is 11.3. The van der Waals surface area contributed by atoms with Gasteiger partial charge >= 0.3 is 5.97 Å². The van der Waals surface area contributed by atoms with E-state index in [-0.39, 0.29) is 24.2 Å². The average molecular weight is 235 g/mol. The number of hydrogen-bond donors (Lipinski definition) is 0. The molecule has 2 aliphatic heterocycles. The van der Waals surface area contributed by atoms with E-state index in [4.69, 9.17) is 32.7 Å². The predicted octanol–water partition coefficient (Wildman–Crippen LogP) is 1.43. The van der Waals surface area contributed by atoms with E-state index in [1.807, 2.05) is 12.2 Å². The van der Waals surface area contributed by atoms with Crippen molar-refractivity contribution in [1.82, 2.24) is 0 Å². The van der Waals surface area contributed by atoms with Crippen molar-refractivity contribution in [3.63, 3.8) is 0 Å². The van der Waals surface area contributed by atoms with E-state index < -0.39 is 10.3 Å². The molecule has 2 saturated heterocycles. The van der Waals surface area contributed by atoms with Crippen LogP contribution < -0.4 is 0 Å². The van der Waals surface area contributed by atoms with Gasteiger partial charge < -0.3 is 9.47 Å². The molecule has 3 aliphatic rings. The molecule has 0 bridgehead atoms. The molecule has 4 atom stereocenters. The van der Waals surface area contributed by atoms with Gasteiger partial charge in [-0.3, -0.25) is 0 Å². The number of carbonyl (C=O) groups is 1. The lowest BCUT2D eigenvalue weighted by molar-refractivity contribution is -0.142. The van der Waals surface area contributed by atoms with Crippen LogP contribution in [-0.4, -0.2) is 28.6 Å². The number of fused-ring (bicyclic) bond motifs is 2. The summed E-state index contributed by atoms with van der Waals surface area (Å²) in [4.78, 5) is 11.3. The first-order valence-electron chi connectivity index (χ1n) is 4.52. The van der Waals surface area contributed by atoms with E-state index in [0.717, 1.165) is 0 Å². The minimum Gasteiger partial charge on any atom is -0.459 e. The van der Waals surface area contributed by atoms with Gasteiger partial charge in [-0.05, 0) is 0 Å². The highest BCUT2D eigenvalue weighted by Crippen LogP contribution is 2.47. The summed E-state index contributed by atoms with van der Waals surface area (Å²) < 4.78 is 9.01. The molecule has 0 aromatic heterocycles. The Balaban J connectivity index is 1.94. The number of epoxide rings is 1. The Labute approximate surface area is 90.9 Å². The SMILES string of the molecule is O=C1O[C@H]2C[C@@H]3O[C@@H]3C=C[C@H]2C1(Cl)Cl. The summed E-state index contributed by atoms with van der Waals surface area (Å²) in [7, 11) is 0. The average Bonchev–Trinajstić information content (AvgIpc) is 2.77. The number of rotatable bonds is 0. The largest absolute Gasteiger partial charge is 0.459 e. The highest BCUT2D eigenvalue weighted by molar-refractivity contribution is 6.58. The van der Waals surface area contributed by atoms with Gasteiger partial charge in [-0.1, -0.05) is 35.4 Å². The third-order valence-electron chi connectivity index (χ3n) is 2.94. The van der Waals surface area contributed by atoms with Crippen molar-refractivity contribution in [2.24, 2.45) is 5.92 Å². The zero-order valence-corrected chi connectivity index (χ0v) is 8.66. The summed E-state index contributed by atoms with van der Waals surface area (Å²) in [5.41, 5.74) is 0. The van der Waals surface area contributed by atoms with Crippen LogP contribution in [0.3, 0.4) is 0 Å². The molecule has 0 spiro atoms. The lowest BCUT2D eigenvalue weighted by Crippen LogP contribution is -2.28. The zero-order chi connectivity index (χ0) is 9.92. The quantitative estimate of drug-likeness (QED) is 0.276. The van der Waals surface area contributed by atoms with Crippen LogP contribution in [0.15, 0.2) is 12.2 Å². The van der Waals surface area contributed by atoms with Crippen LogP contribution in [0.1, 0.15) is 6.42 Å². The van der Waals surface area contributed by atoms with Crippen LogP contribution in [-0.2, 0) is 14.3 Å². The van der Waals surface area contributed by atoms with Gasteiger partial charge in [0.05, 0.1) is 12.0 Å². The van der Waals surface area contributed by atoms with Crippen LogP contribution >= 0.6 is 23.2 Å². The third-order valence-corrected chi connectivity index (χ3v) is 3.76. The van der Waals surface area contributed by atoms with E-state index in [0.29, 0.717) is 6.42 Å². The van der Waals surface area contributed by atoms with E-state index in [2.05, 4.69) is 0 Å². The van der Waals surface area contributed by atoms with Crippen LogP contribution in [0.5, 0.6) is 0 Å². The van der Waals surface area contributed by atoms with E-state index in [1.54, 1.807) is 0 Å². The topological polar surface area (TPSA) is 38.8 Å². The highest BCUT2D eigenvalue weighted by atomic mass is 35.5. The number of hydrogen-bond acceptors (Lipinski definition) is 3. The minimum atomic E-state index is -1.42. The molecule has 5 heteroatoms. The van der Waals surface area contributed by atoms with Gasteiger partial charge in [-0.15, -0.1) is 0 Å². The molecule has 2 fully saturated rings. The van der Waals surface area contributed by atoms with Crippen LogP contribution in [0.2, 0.25) is 0 Å². The van der Waals surface area contributed by atoms with Gasteiger partial charge in [0.25, 0.3) is 0 Å². The molecule has 0 N–H and O–H groups in total. The van der Waals surface area contributed by atoms with Crippen LogP contribution in [0, 0.1) is 5.92 Å². The summed E-state index contributed by atoms with van der Waals surface area (Å²) in [6.07, 6.45) is 4.56. The normalized spacial score (nSPS) is 47.7. The van der Waals surface area contributed by atoms with Crippen LogP contribution in [0.25, 0.3) is 0 Å². The molecule has 0 radical (unpaired) electrons. The fourth-order valence-corrected chi connectivity index (χ4v) is 2.59. The van der Waals surface area contributed by atoms with Crippen molar-refractivity contribution < 1.29 is 14.3 Å². The Kier molecular flexibility index (Phi) is 1.71. The molecule has 1 aliphatic carbocycles. The van der Waals surface area contributed by atoms with Crippen molar-refractivity contribution in [2.45, 2.75) is 29.1 Å². The van der Waals surface area contributed by atoms with Gasteiger partial charge in [0.2, 0.25) is 4.33 Å². The standard InChI is InChI=1S/C9H8Cl2O3/c10-9(11)4-1-2-5-7(13-5)3-6(4)14-8(9)12/h1-2,4-7H,3H2/t4-,5-,6+,7+/m1/s1. The number of alkyl halides is 2. The minimum absolute atomic E-state index is 0.170. The maximum Gasteiger partial charge on any atom is 0.343 e. The first-order valence-corrected chi connectivity index (χ1v) is 5.27. The Hall–Kier alpha value is -0.250. The fourth-order valence-electron chi connectivity index (χ4n) is 2.07. The molecule has 76 valence electrons. The molecule has 0 unspecified atom stereocenters. The second kappa shape index (κ2) is 2.65. The number of carbonyl (C=O) groups excluding carboxylic acids is 1. The number of esters is 1. The molecule has 0 saturated carbocycles. The summed E-state index contributed by atoms with van der Waals surface area (Å²) in [5, 5.41) is 0. The molecule has 0 amide bonds. The molecular weight excluding hydrogens is 227 g/mol. The summed E-state index contributed by atoms with van der Waals surface area (Å²) in [5.74, 6) is -0.783. The van der Waals surface area contributed by atoms with Crippen molar-refractivity contribution >= 4 is 29.2 Å². The number of ether oxygens (including phenoxy) is 2. The first-order chi connectivity index (χ1) is 6.59. The van der Waals surface area contributed by atoms with Gasteiger partial charge in [0.1, 0.15) is 12.2 Å². The van der Waals surface area contributed by atoms with Crippen molar-refractivity contribution in [3.8, 4) is 0 Å². The van der Waals surface area contributed by atoms with Gasteiger partial charge in [0.15, 0.2) is 0 Å². The zero-order valence-electron chi connectivity index (χ0n) is 7.15. The van der Waals surface area contributed by atoms with Crippen LogP contribution in [0.4, 0.5) is 0 Å². The molecule has 3 nitrogen and oxygen atoms in total. The Morgan fingerprint density at radius 3 is 2.93 bits per heavy atom. The third kappa shape index (κ3) is 1.12. The smallest absolute Gasteiger partial charge is 0.343 e. The van der Waals surface area contributed by atoms with E-state index in [1.165, 1.54) is 0 Å². The highest BCUT2D eigenvalue weighted by Gasteiger charge is 2.58. The van der Waals surface area contributed by atoms with E-state index >= 15 is 0 Å². The van der Waals surface area contributed by atoms with Crippen molar-refractivity contribution in [3.05, 3.63) is 12.2 Å². The molecular formula is C9H8Cl2O3. The molecule has 0 aromatic carbocycles. The second-order valence-corrected chi connectivity index (χ2v) is 5.24. The first kappa shape index (κ1) is 9.01. The number of halogens is 2. The molecule has 2 heterocycles. The van der Waals surface area contributed by atoms with Crippen molar-refractivity contribution in [1.29, 1.82) is 0 Å². The second-order valence-electron chi connectivity index (χ2n) is 3.85. The van der Waals surface area contributed by atoms with Gasteiger partial charge in [-0.2, -0.15) is 0 Å². The Bertz CT molecular complexity index is 326. The fraction of sp³-hybridized carbons (Fsp3) is 0.667. The van der Waals surface area contributed by atoms with E-state index in [9.17, 15) is 4.79 Å². The molecule has 14 heavy (non-hydrogen) atoms. The van der Waals surface area contributed by atoms with Gasteiger partial charge in [0, 0.05) is 6.42 Å². The van der Waals surface area contributed by atoms with Crippen molar-refractivity contribution in [2.75, 3.05) is 0 Å².